The minimum absolute atomic E-state index is 0.164. The minimum atomic E-state index is -0.648. The first-order valence-corrected chi connectivity index (χ1v) is 11.3. The average Bonchev–Trinajstić information content (AvgIpc) is 3.47. The number of thiophene rings is 1. The van der Waals surface area contributed by atoms with E-state index in [1.807, 2.05) is 60.1 Å². The molecule has 5 nitrogen and oxygen atoms in total. The molecule has 0 unspecified atom stereocenters. The second-order valence-corrected chi connectivity index (χ2v) is 8.39. The lowest BCUT2D eigenvalue weighted by Gasteiger charge is -2.18. The summed E-state index contributed by atoms with van der Waals surface area (Å²) in [5, 5.41) is 8.85. The number of rotatable bonds is 9. The van der Waals surface area contributed by atoms with E-state index in [0.29, 0.717) is 17.8 Å². The van der Waals surface area contributed by atoms with Crippen LogP contribution in [-0.4, -0.2) is 29.4 Å². The van der Waals surface area contributed by atoms with Crippen molar-refractivity contribution in [1.82, 2.24) is 15.6 Å². The van der Waals surface area contributed by atoms with Crippen LogP contribution in [0.1, 0.15) is 27.2 Å². The fourth-order valence-electron chi connectivity index (χ4n) is 3.64. The van der Waals surface area contributed by atoms with Crippen molar-refractivity contribution in [2.75, 3.05) is 6.54 Å². The highest BCUT2D eigenvalue weighted by Gasteiger charge is 2.23. The molecule has 0 spiro atoms. The lowest BCUT2D eigenvalue weighted by Crippen LogP contribution is -2.48. The summed E-state index contributed by atoms with van der Waals surface area (Å²) in [4.78, 5) is 29.5. The zero-order valence-corrected chi connectivity index (χ0v) is 18.0. The van der Waals surface area contributed by atoms with Gasteiger partial charge >= 0.3 is 0 Å². The molecule has 0 aliphatic heterocycles. The molecule has 4 rings (SSSR count). The second-order valence-electron chi connectivity index (χ2n) is 7.45. The van der Waals surface area contributed by atoms with E-state index in [-0.39, 0.29) is 11.8 Å². The maximum Gasteiger partial charge on any atom is 0.262 e. The SMILES string of the molecule is O=C(N[C@@H](Cc1c[nH]c2ccccc12)C(=O)NCCCc1ccccc1)c1cccs1. The predicted molar refractivity (Wildman–Crippen MR) is 125 cm³/mol. The molecule has 0 aliphatic rings. The number of aryl methyl sites for hydroxylation is 1. The molecule has 2 amide bonds. The van der Waals surface area contributed by atoms with Crippen LogP contribution in [-0.2, 0) is 17.6 Å². The van der Waals surface area contributed by atoms with E-state index in [1.165, 1.54) is 16.9 Å². The second kappa shape index (κ2) is 10.1. The van der Waals surface area contributed by atoms with E-state index in [2.05, 4.69) is 27.8 Å². The van der Waals surface area contributed by atoms with Crippen LogP contribution in [0.15, 0.2) is 78.3 Å². The van der Waals surface area contributed by atoms with Gasteiger partial charge in [0.1, 0.15) is 6.04 Å². The van der Waals surface area contributed by atoms with Crippen molar-refractivity contribution in [3.05, 3.63) is 94.3 Å². The highest BCUT2D eigenvalue weighted by atomic mass is 32.1. The number of aromatic nitrogens is 1. The third-order valence-electron chi connectivity index (χ3n) is 5.25. The number of hydrogen-bond donors (Lipinski definition) is 3. The quantitative estimate of drug-likeness (QED) is 0.345. The van der Waals surface area contributed by atoms with Crippen LogP contribution >= 0.6 is 11.3 Å². The Morgan fingerprint density at radius 1 is 0.968 bits per heavy atom. The molecule has 3 N–H and O–H groups in total. The molecule has 158 valence electrons. The van der Waals surface area contributed by atoms with Gasteiger partial charge in [-0.25, -0.2) is 0 Å². The molecule has 2 aromatic heterocycles. The maximum absolute atomic E-state index is 13.0. The average molecular weight is 432 g/mol. The van der Waals surface area contributed by atoms with Crippen LogP contribution in [0.5, 0.6) is 0 Å². The van der Waals surface area contributed by atoms with Crippen molar-refractivity contribution in [2.24, 2.45) is 0 Å². The Morgan fingerprint density at radius 2 is 1.77 bits per heavy atom. The fourth-order valence-corrected chi connectivity index (χ4v) is 4.27. The first-order valence-electron chi connectivity index (χ1n) is 10.4. The molecule has 6 heteroatoms. The summed E-state index contributed by atoms with van der Waals surface area (Å²) >= 11 is 1.36. The van der Waals surface area contributed by atoms with E-state index in [4.69, 9.17) is 0 Å². The lowest BCUT2D eigenvalue weighted by atomic mass is 10.0. The maximum atomic E-state index is 13.0. The summed E-state index contributed by atoms with van der Waals surface area (Å²) in [7, 11) is 0. The molecule has 0 bridgehead atoms. The van der Waals surface area contributed by atoms with Gasteiger partial charge in [-0.15, -0.1) is 11.3 Å². The Bertz CT molecular complexity index is 1140. The van der Waals surface area contributed by atoms with Crippen molar-refractivity contribution in [1.29, 1.82) is 0 Å². The number of amides is 2. The predicted octanol–water partition coefficient (Wildman–Crippen LogP) is 4.32. The third-order valence-corrected chi connectivity index (χ3v) is 6.12. The van der Waals surface area contributed by atoms with Crippen molar-refractivity contribution in [3.8, 4) is 0 Å². The molecule has 31 heavy (non-hydrogen) atoms. The Balaban J connectivity index is 1.42. The Labute approximate surface area is 185 Å². The molecule has 0 fully saturated rings. The van der Waals surface area contributed by atoms with Crippen LogP contribution < -0.4 is 10.6 Å². The molecule has 0 aliphatic carbocycles. The molecular weight excluding hydrogens is 406 g/mol. The smallest absolute Gasteiger partial charge is 0.262 e. The van der Waals surface area contributed by atoms with E-state index >= 15 is 0 Å². The molecule has 4 aromatic rings. The van der Waals surface area contributed by atoms with Crippen molar-refractivity contribution < 1.29 is 9.59 Å². The van der Waals surface area contributed by atoms with Gasteiger partial charge in [-0.2, -0.15) is 0 Å². The van der Waals surface area contributed by atoms with E-state index in [0.717, 1.165) is 29.3 Å². The number of H-pyrrole nitrogens is 1. The number of carbonyl (C=O) groups excluding carboxylic acids is 2. The fraction of sp³-hybridized carbons (Fsp3) is 0.200. The number of aromatic amines is 1. The standard InChI is InChI=1S/C25H25N3O2S/c29-24(26-14-6-10-18-8-2-1-3-9-18)22(28-25(30)23-13-7-15-31-23)16-19-17-27-21-12-5-4-11-20(19)21/h1-5,7-9,11-13,15,17,22,27H,6,10,14,16H2,(H,26,29)(H,28,30)/t22-/m0/s1. The molecular formula is C25H25N3O2S. The Morgan fingerprint density at radius 3 is 2.58 bits per heavy atom. The number of nitrogens with one attached hydrogen (secondary N) is 3. The van der Waals surface area contributed by atoms with Crippen LogP contribution in [0, 0.1) is 0 Å². The number of carbonyl (C=O) groups is 2. The van der Waals surface area contributed by atoms with Crippen molar-refractivity contribution in [2.45, 2.75) is 25.3 Å². The molecule has 2 heterocycles. The summed E-state index contributed by atoms with van der Waals surface area (Å²) in [6, 6.07) is 21.1. The van der Waals surface area contributed by atoms with Crippen LogP contribution in [0.3, 0.4) is 0 Å². The molecule has 0 radical (unpaired) electrons. The summed E-state index contributed by atoms with van der Waals surface area (Å²) in [6.45, 7) is 0.562. The Hall–Kier alpha value is -3.38. The summed E-state index contributed by atoms with van der Waals surface area (Å²) < 4.78 is 0. The van der Waals surface area contributed by atoms with E-state index < -0.39 is 6.04 Å². The van der Waals surface area contributed by atoms with Crippen LogP contribution in [0.4, 0.5) is 0 Å². The van der Waals surface area contributed by atoms with Gasteiger partial charge in [-0.3, -0.25) is 9.59 Å². The summed E-state index contributed by atoms with van der Waals surface area (Å²) in [6.07, 6.45) is 4.08. The zero-order valence-electron chi connectivity index (χ0n) is 17.1. The van der Waals surface area contributed by atoms with Gasteiger partial charge in [0.15, 0.2) is 0 Å². The summed E-state index contributed by atoms with van der Waals surface area (Å²) in [5.74, 6) is -0.387. The topological polar surface area (TPSA) is 74.0 Å². The number of benzene rings is 2. The van der Waals surface area contributed by atoms with E-state index in [9.17, 15) is 9.59 Å². The number of fused-ring (bicyclic) bond motifs is 1. The zero-order chi connectivity index (χ0) is 21.5. The third kappa shape index (κ3) is 5.41. The molecule has 0 saturated carbocycles. The molecule has 1 atom stereocenters. The highest BCUT2D eigenvalue weighted by molar-refractivity contribution is 7.12. The first-order chi connectivity index (χ1) is 15.2. The first kappa shape index (κ1) is 20.9. The van der Waals surface area contributed by atoms with Gasteiger partial charge in [-0.1, -0.05) is 54.6 Å². The van der Waals surface area contributed by atoms with Crippen molar-refractivity contribution in [3.63, 3.8) is 0 Å². The van der Waals surface area contributed by atoms with Crippen LogP contribution in [0.2, 0.25) is 0 Å². The lowest BCUT2D eigenvalue weighted by molar-refractivity contribution is -0.122. The van der Waals surface area contributed by atoms with Gasteiger partial charge < -0.3 is 15.6 Å². The minimum Gasteiger partial charge on any atom is -0.361 e. The van der Waals surface area contributed by atoms with Crippen LogP contribution in [0.25, 0.3) is 10.9 Å². The van der Waals surface area contributed by atoms with Gasteiger partial charge in [0.05, 0.1) is 4.88 Å². The van der Waals surface area contributed by atoms with Gasteiger partial charge in [-0.05, 0) is 41.5 Å². The number of hydrogen-bond acceptors (Lipinski definition) is 3. The van der Waals surface area contributed by atoms with Crippen molar-refractivity contribution >= 4 is 34.1 Å². The van der Waals surface area contributed by atoms with Gasteiger partial charge in [0.2, 0.25) is 5.91 Å². The molecule has 2 aromatic carbocycles. The Kier molecular flexibility index (Phi) is 6.79. The van der Waals surface area contributed by atoms with E-state index in [1.54, 1.807) is 6.07 Å². The highest BCUT2D eigenvalue weighted by Crippen LogP contribution is 2.19. The largest absolute Gasteiger partial charge is 0.361 e. The monoisotopic (exact) mass is 431 g/mol. The summed E-state index contributed by atoms with van der Waals surface area (Å²) in [5.41, 5.74) is 3.27. The van der Waals surface area contributed by atoms with Gasteiger partial charge in [0.25, 0.3) is 5.91 Å². The normalized spacial score (nSPS) is 11.9. The van der Waals surface area contributed by atoms with Gasteiger partial charge in [0, 0.05) is 30.1 Å². The molecule has 0 saturated heterocycles. The number of para-hydroxylation sites is 1.